The Morgan fingerprint density at radius 3 is 2.85 bits per heavy atom. The molecule has 1 aliphatic heterocycles. The van der Waals surface area contributed by atoms with Crippen molar-refractivity contribution in [3.8, 4) is 17.2 Å². The Hall–Kier alpha value is -2.85. The van der Waals surface area contributed by atoms with Crippen LogP contribution in [0.15, 0.2) is 39.9 Å². The minimum Gasteiger partial charge on any atom is -0.477 e. The predicted octanol–water partition coefficient (Wildman–Crippen LogP) is 3.27. The molecule has 0 spiro atoms. The Morgan fingerprint density at radius 2 is 2.11 bits per heavy atom. The third-order valence-electron chi connectivity index (χ3n) is 3.36. The molecule has 140 valence electrons. The van der Waals surface area contributed by atoms with Gasteiger partial charge in [-0.15, -0.1) is 0 Å². The number of nitro benzene ring substituents is 1. The lowest BCUT2D eigenvalue weighted by atomic mass is 10.2. The monoisotopic (exact) mass is 455 g/mol. The van der Waals surface area contributed by atoms with Crippen molar-refractivity contribution in [2.45, 2.75) is 0 Å². The third-order valence-corrected chi connectivity index (χ3v) is 4.28. The number of carbonyl (C=O) groups excluding carboxylic acids is 1. The first-order valence-corrected chi connectivity index (χ1v) is 8.59. The number of nitrogens with zero attached hydrogens (tertiary/aromatic N) is 2. The van der Waals surface area contributed by atoms with E-state index in [0.717, 1.165) is 6.07 Å². The minimum atomic E-state index is -0.644. The molecule has 0 fully saturated rings. The molecule has 0 saturated carbocycles. The number of hydrogen-bond donors (Lipinski definition) is 1. The number of ether oxygens (including phenoxy) is 3. The molecule has 0 unspecified atom stereocenters. The normalized spacial score (nSPS) is 12.2. The van der Waals surface area contributed by atoms with Gasteiger partial charge < -0.3 is 14.2 Å². The molecule has 0 bridgehead atoms. The van der Waals surface area contributed by atoms with Crippen molar-refractivity contribution < 1.29 is 23.9 Å². The fourth-order valence-corrected chi connectivity index (χ4v) is 2.73. The van der Waals surface area contributed by atoms with Gasteiger partial charge >= 0.3 is 5.69 Å². The first kappa shape index (κ1) is 18.9. The van der Waals surface area contributed by atoms with Gasteiger partial charge in [-0.25, -0.2) is 5.43 Å². The summed E-state index contributed by atoms with van der Waals surface area (Å²) in [5, 5.41) is 15.0. The van der Waals surface area contributed by atoms with Crippen LogP contribution in [-0.4, -0.2) is 30.4 Å². The summed E-state index contributed by atoms with van der Waals surface area (Å²) in [6.45, 7) is -0.310. The largest absolute Gasteiger partial charge is 0.477 e. The van der Waals surface area contributed by atoms with E-state index in [1.165, 1.54) is 18.3 Å². The van der Waals surface area contributed by atoms with E-state index < -0.39 is 17.4 Å². The molecule has 2 aromatic carbocycles. The van der Waals surface area contributed by atoms with Gasteiger partial charge in [-0.2, -0.15) is 5.10 Å². The summed E-state index contributed by atoms with van der Waals surface area (Å²) in [7, 11) is 0. The van der Waals surface area contributed by atoms with Gasteiger partial charge in [0.05, 0.1) is 11.1 Å². The summed E-state index contributed by atoms with van der Waals surface area (Å²) in [6.07, 6.45) is 1.41. The van der Waals surface area contributed by atoms with E-state index in [9.17, 15) is 14.9 Å². The van der Waals surface area contributed by atoms with Gasteiger partial charge in [0, 0.05) is 21.1 Å². The quantitative estimate of drug-likeness (QED) is 0.406. The lowest BCUT2D eigenvalue weighted by molar-refractivity contribution is -0.385. The van der Waals surface area contributed by atoms with Gasteiger partial charge in [-0.05, 0) is 40.2 Å². The Labute approximate surface area is 166 Å². The van der Waals surface area contributed by atoms with Crippen LogP contribution in [0.3, 0.4) is 0 Å². The fourth-order valence-electron chi connectivity index (χ4n) is 2.14. The number of carbonyl (C=O) groups is 1. The zero-order valence-corrected chi connectivity index (χ0v) is 15.8. The minimum absolute atomic E-state index is 0.0676. The van der Waals surface area contributed by atoms with E-state index in [4.69, 9.17) is 25.8 Å². The molecule has 3 rings (SSSR count). The number of benzene rings is 2. The molecule has 0 radical (unpaired) electrons. The second-order valence-electron chi connectivity index (χ2n) is 5.18. The van der Waals surface area contributed by atoms with Crippen molar-refractivity contribution in [2.24, 2.45) is 5.10 Å². The fraction of sp³-hybridized carbons (Fsp3) is 0.125. The molecule has 0 aliphatic carbocycles. The van der Waals surface area contributed by atoms with E-state index in [1.54, 1.807) is 12.1 Å². The summed E-state index contributed by atoms with van der Waals surface area (Å²) in [4.78, 5) is 22.2. The van der Waals surface area contributed by atoms with Crippen molar-refractivity contribution in [2.75, 3.05) is 13.4 Å². The second-order valence-corrected chi connectivity index (χ2v) is 6.47. The van der Waals surface area contributed by atoms with Gasteiger partial charge in [-0.1, -0.05) is 11.6 Å². The van der Waals surface area contributed by atoms with Crippen LogP contribution >= 0.6 is 27.5 Å². The topological polar surface area (TPSA) is 112 Å². The number of nitro groups is 1. The van der Waals surface area contributed by atoms with Crippen LogP contribution in [0.1, 0.15) is 5.56 Å². The number of halogens is 2. The van der Waals surface area contributed by atoms with Crippen molar-refractivity contribution in [3.05, 3.63) is 55.5 Å². The molecule has 1 N–H and O–H groups in total. The third kappa shape index (κ3) is 4.66. The highest BCUT2D eigenvalue weighted by Crippen LogP contribution is 2.36. The smallest absolute Gasteiger partial charge is 0.312 e. The van der Waals surface area contributed by atoms with Gasteiger partial charge in [-0.3, -0.25) is 14.9 Å². The zero-order valence-electron chi connectivity index (χ0n) is 13.5. The van der Waals surface area contributed by atoms with Crippen LogP contribution in [0, 0.1) is 10.1 Å². The van der Waals surface area contributed by atoms with Crippen LogP contribution in [0.25, 0.3) is 0 Å². The highest BCUT2D eigenvalue weighted by Gasteiger charge is 2.17. The van der Waals surface area contributed by atoms with Crippen molar-refractivity contribution >= 4 is 45.3 Å². The van der Waals surface area contributed by atoms with Gasteiger partial charge in [0.2, 0.25) is 6.79 Å². The zero-order chi connectivity index (χ0) is 19.4. The highest BCUT2D eigenvalue weighted by molar-refractivity contribution is 9.10. The number of amides is 1. The molecule has 1 amide bonds. The molecule has 0 saturated heterocycles. The van der Waals surface area contributed by atoms with E-state index >= 15 is 0 Å². The van der Waals surface area contributed by atoms with Gasteiger partial charge in [0.25, 0.3) is 5.91 Å². The van der Waals surface area contributed by atoms with E-state index in [2.05, 4.69) is 26.5 Å². The van der Waals surface area contributed by atoms with Crippen molar-refractivity contribution in [1.29, 1.82) is 0 Å². The molecular weight excluding hydrogens is 446 g/mol. The molecule has 11 heteroatoms. The molecule has 1 aliphatic rings. The maximum Gasteiger partial charge on any atom is 0.312 e. The summed E-state index contributed by atoms with van der Waals surface area (Å²) in [5.74, 6) is 0.528. The molecule has 0 aromatic heterocycles. The summed E-state index contributed by atoms with van der Waals surface area (Å²) in [6, 6.07) is 7.33. The molecule has 0 atom stereocenters. The van der Waals surface area contributed by atoms with Crippen LogP contribution in [0.2, 0.25) is 5.02 Å². The highest BCUT2D eigenvalue weighted by atomic mass is 79.9. The second kappa shape index (κ2) is 8.23. The lowest BCUT2D eigenvalue weighted by Gasteiger charge is -2.06. The van der Waals surface area contributed by atoms with E-state index in [-0.39, 0.29) is 23.3 Å². The SMILES string of the molecule is O=C(COc1ccc(Cl)cc1[N+](=O)[O-])N/N=C/c1cc2c(cc1Br)OCO2. The van der Waals surface area contributed by atoms with Crippen LogP contribution in [0.5, 0.6) is 17.2 Å². The Kier molecular flexibility index (Phi) is 5.77. The number of hydrazone groups is 1. The summed E-state index contributed by atoms with van der Waals surface area (Å²) in [5.41, 5.74) is 2.60. The van der Waals surface area contributed by atoms with Crippen LogP contribution < -0.4 is 19.6 Å². The number of hydrogen-bond acceptors (Lipinski definition) is 7. The predicted molar refractivity (Wildman–Crippen MR) is 99.6 cm³/mol. The average Bonchev–Trinajstić information content (AvgIpc) is 3.07. The Bertz CT molecular complexity index is 937. The Balaban J connectivity index is 1.58. The first-order chi connectivity index (χ1) is 12.9. The molecule has 27 heavy (non-hydrogen) atoms. The van der Waals surface area contributed by atoms with E-state index in [0.29, 0.717) is 21.5 Å². The Morgan fingerprint density at radius 1 is 1.37 bits per heavy atom. The average molecular weight is 457 g/mol. The summed E-state index contributed by atoms with van der Waals surface area (Å²) >= 11 is 9.09. The maximum atomic E-state index is 11.8. The number of rotatable bonds is 6. The maximum absolute atomic E-state index is 11.8. The van der Waals surface area contributed by atoms with Crippen LogP contribution in [-0.2, 0) is 4.79 Å². The lowest BCUT2D eigenvalue weighted by Crippen LogP contribution is -2.24. The van der Waals surface area contributed by atoms with E-state index in [1.807, 2.05) is 0 Å². The number of nitrogens with one attached hydrogen (secondary N) is 1. The molecule has 9 nitrogen and oxygen atoms in total. The van der Waals surface area contributed by atoms with Crippen molar-refractivity contribution in [1.82, 2.24) is 5.43 Å². The molecule has 2 aromatic rings. The van der Waals surface area contributed by atoms with Gasteiger partial charge in [0.1, 0.15) is 0 Å². The first-order valence-electron chi connectivity index (χ1n) is 7.42. The van der Waals surface area contributed by atoms with Gasteiger partial charge in [0.15, 0.2) is 23.9 Å². The van der Waals surface area contributed by atoms with Crippen molar-refractivity contribution in [3.63, 3.8) is 0 Å². The standard InChI is InChI=1S/C16H11BrClN3O6/c17-11-5-15-14(26-8-27-15)3-9(11)6-19-20-16(22)7-25-13-2-1-10(18)4-12(13)21(23)24/h1-6H,7-8H2,(H,20,22)/b19-6+. The summed E-state index contributed by atoms with van der Waals surface area (Å²) < 4.78 is 16.4. The van der Waals surface area contributed by atoms with Crippen LogP contribution in [0.4, 0.5) is 5.69 Å². The molecular formula is C16H11BrClN3O6. The molecule has 1 heterocycles. The number of fused-ring (bicyclic) bond motifs is 1.